The molecule has 2 aliphatic rings. The second kappa shape index (κ2) is 12.1. The van der Waals surface area contributed by atoms with Crippen molar-refractivity contribution in [1.82, 2.24) is 20.4 Å². The summed E-state index contributed by atoms with van der Waals surface area (Å²) < 4.78 is 0. The van der Waals surface area contributed by atoms with Gasteiger partial charge in [-0.25, -0.2) is 9.59 Å². The van der Waals surface area contributed by atoms with E-state index in [9.17, 15) is 29.4 Å². The molecule has 0 aliphatic carbocycles. The van der Waals surface area contributed by atoms with Crippen LogP contribution >= 0.6 is 23.2 Å². The fourth-order valence-corrected chi connectivity index (χ4v) is 5.48. The number of nitrogens with one attached hydrogen (secondary N) is 3. The first-order valence-electron chi connectivity index (χ1n) is 12.4. The number of β-amino-alcohol motifs (C(OH)–C–C–N with tert-alkyl or cyclic N) is 1. The number of carboxylic acids is 1. The Balaban J connectivity index is 1.46. The summed E-state index contributed by atoms with van der Waals surface area (Å²) in [5, 5.41) is 31.4. The molecule has 2 aliphatic heterocycles. The van der Waals surface area contributed by atoms with Crippen molar-refractivity contribution in [3.8, 4) is 0 Å². The lowest BCUT2D eigenvalue weighted by Gasteiger charge is -2.30. The van der Waals surface area contributed by atoms with Crippen molar-refractivity contribution in [3.63, 3.8) is 0 Å². The van der Waals surface area contributed by atoms with E-state index in [4.69, 9.17) is 34.3 Å². The lowest BCUT2D eigenvalue weighted by molar-refractivity contribution is -0.139. The molecule has 212 valence electrons. The summed E-state index contributed by atoms with van der Waals surface area (Å²) in [6.45, 7) is 0.567. The number of nitrogens with two attached hydrogens (primary N) is 1. The number of nitrogens with zero attached hydrogens (tertiary/aromatic N) is 2. The highest BCUT2D eigenvalue weighted by molar-refractivity contribution is 6.40. The average Bonchev–Trinajstić information content (AvgIpc) is 3.36. The van der Waals surface area contributed by atoms with Gasteiger partial charge in [-0.2, -0.15) is 0 Å². The molecule has 12 nitrogen and oxygen atoms in total. The number of nitrogen functional groups attached to an aromatic ring is 1. The summed E-state index contributed by atoms with van der Waals surface area (Å²) in [5.41, 5.74) is 8.26. The number of rotatable bonds is 7. The summed E-state index contributed by atoms with van der Waals surface area (Å²) in [5.74, 6) is -2.46. The molecule has 1 saturated heterocycles. The highest BCUT2D eigenvalue weighted by Gasteiger charge is 2.31. The first-order chi connectivity index (χ1) is 19.0. The van der Waals surface area contributed by atoms with Gasteiger partial charge in [0.05, 0.1) is 28.3 Å². The van der Waals surface area contributed by atoms with Gasteiger partial charge in [0.2, 0.25) is 0 Å². The molecule has 0 saturated carbocycles. The van der Waals surface area contributed by atoms with Crippen LogP contribution in [0.1, 0.15) is 43.8 Å². The number of halogens is 2. The van der Waals surface area contributed by atoms with Gasteiger partial charge in [0.1, 0.15) is 6.04 Å². The Hall–Kier alpha value is -3.87. The Kier molecular flexibility index (Phi) is 8.82. The van der Waals surface area contributed by atoms with E-state index in [1.165, 1.54) is 17.0 Å². The van der Waals surface area contributed by atoms with Crippen LogP contribution in [0, 0.1) is 5.41 Å². The van der Waals surface area contributed by atoms with Crippen LogP contribution in [-0.4, -0.2) is 88.4 Å². The predicted molar refractivity (Wildman–Crippen MR) is 148 cm³/mol. The largest absolute Gasteiger partial charge is 0.480 e. The van der Waals surface area contributed by atoms with Crippen molar-refractivity contribution >= 4 is 58.9 Å². The minimum absolute atomic E-state index is 0.0191. The Morgan fingerprint density at radius 1 is 1.18 bits per heavy atom. The fourth-order valence-electron chi connectivity index (χ4n) is 4.71. The van der Waals surface area contributed by atoms with Crippen LogP contribution in [0.25, 0.3) is 0 Å². The van der Waals surface area contributed by atoms with Crippen LogP contribution in [0.3, 0.4) is 0 Å². The zero-order chi connectivity index (χ0) is 29.1. The Morgan fingerprint density at radius 2 is 1.93 bits per heavy atom. The van der Waals surface area contributed by atoms with E-state index in [2.05, 4.69) is 10.6 Å². The molecule has 1 fully saturated rings. The number of urea groups is 1. The predicted octanol–water partition coefficient (Wildman–Crippen LogP) is 1.73. The second-order valence-corrected chi connectivity index (χ2v) is 10.4. The van der Waals surface area contributed by atoms with E-state index < -0.39 is 36.6 Å². The van der Waals surface area contributed by atoms with Crippen molar-refractivity contribution in [2.24, 2.45) is 0 Å². The van der Waals surface area contributed by atoms with Gasteiger partial charge in [-0.3, -0.25) is 9.59 Å². The maximum atomic E-state index is 13.1. The normalized spacial score (nSPS) is 17.1. The summed E-state index contributed by atoms with van der Waals surface area (Å²) in [6, 6.07) is 4.22. The number of aliphatic carboxylic acids is 1. The number of fused-ring (bicyclic) bond motifs is 1. The first kappa shape index (κ1) is 29.1. The van der Waals surface area contributed by atoms with Gasteiger partial charge in [0.15, 0.2) is 0 Å². The fraction of sp³-hybridized carbons (Fsp3) is 0.346. The first-order valence-corrected chi connectivity index (χ1v) is 13.2. The molecule has 4 amide bonds. The molecule has 0 radical (unpaired) electrons. The SMILES string of the molecule is N=Cc1ccc(C(=O)N2CCc3c(cc(Cl)c(C(=O)N[C@@H](CNC(=O)N4CC[C@H](O)C4)C(=O)O)c3Cl)C2)cc1N. The highest BCUT2D eigenvalue weighted by atomic mass is 35.5. The van der Waals surface area contributed by atoms with Crippen LogP contribution in [0.2, 0.25) is 10.0 Å². The second-order valence-electron chi connectivity index (χ2n) is 9.59. The average molecular weight is 591 g/mol. The molecule has 0 bridgehead atoms. The molecule has 0 aromatic heterocycles. The zero-order valence-electron chi connectivity index (χ0n) is 21.2. The smallest absolute Gasteiger partial charge is 0.328 e. The maximum Gasteiger partial charge on any atom is 0.328 e. The van der Waals surface area contributed by atoms with E-state index in [-0.39, 0.29) is 34.6 Å². The van der Waals surface area contributed by atoms with E-state index >= 15 is 0 Å². The molecule has 0 spiro atoms. The molecule has 2 atom stereocenters. The van der Waals surface area contributed by atoms with Gasteiger partial charge in [-0.15, -0.1) is 0 Å². The number of anilines is 1. The number of hydrogen-bond donors (Lipinski definition) is 6. The number of hydrogen-bond acceptors (Lipinski definition) is 7. The standard InChI is InChI=1S/C26H28Cl2N6O6/c27-18-7-15-11-33(24(37)13-1-2-14(9-29)19(30)8-13)6-4-17(15)22(28)21(18)23(36)32-20(25(38)39)10-31-26(40)34-5-3-16(35)12-34/h1-2,7-9,16,20,29,35H,3-6,10-12,30H2,(H,31,40)(H,32,36)(H,38,39)/t16-,20-/m0/s1. The van der Waals surface area contributed by atoms with E-state index in [0.29, 0.717) is 53.9 Å². The number of carboxylic acid groups (broad SMARTS) is 1. The van der Waals surface area contributed by atoms with Gasteiger partial charge < -0.3 is 41.8 Å². The summed E-state index contributed by atoms with van der Waals surface area (Å²) >= 11 is 13.0. The molecule has 40 heavy (non-hydrogen) atoms. The monoisotopic (exact) mass is 590 g/mol. The molecule has 14 heteroatoms. The van der Waals surface area contributed by atoms with Crippen LogP contribution in [-0.2, 0) is 17.8 Å². The number of carbonyl (C=O) groups excluding carboxylic acids is 3. The molecule has 2 aromatic carbocycles. The van der Waals surface area contributed by atoms with Crippen molar-refractivity contribution in [3.05, 3.63) is 62.1 Å². The summed E-state index contributed by atoms with van der Waals surface area (Å²) in [6.07, 6.45) is 1.23. The Bertz CT molecular complexity index is 1390. The quantitative estimate of drug-likeness (QED) is 0.209. The summed E-state index contributed by atoms with van der Waals surface area (Å²) in [4.78, 5) is 53.2. The third kappa shape index (κ3) is 6.14. The lowest BCUT2D eigenvalue weighted by atomic mass is 9.95. The maximum absolute atomic E-state index is 13.1. The number of carbonyl (C=O) groups is 4. The molecule has 0 unspecified atom stereocenters. The number of aliphatic hydroxyl groups excluding tert-OH is 1. The topological polar surface area (TPSA) is 189 Å². The van der Waals surface area contributed by atoms with Crippen LogP contribution in [0.4, 0.5) is 10.5 Å². The molecule has 2 heterocycles. The summed E-state index contributed by atoms with van der Waals surface area (Å²) in [7, 11) is 0. The lowest BCUT2D eigenvalue weighted by Crippen LogP contribution is -2.50. The van der Waals surface area contributed by atoms with E-state index in [0.717, 1.165) is 6.21 Å². The molecule has 4 rings (SSSR count). The number of aliphatic hydroxyl groups is 1. The Morgan fingerprint density at radius 3 is 2.55 bits per heavy atom. The van der Waals surface area contributed by atoms with Crippen molar-refractivity contribution in [1.29, 1.82) is 5.41 Å². The van der Waals surface area contributed by atoms with Crippen molar-refractivity contribution < 1.29 is 29.4 Å². The van der Waals surface area contributed by atoms with E-state index in [1.807, 2.05) is 0 Å². The van der Waals surface area contributed by atoms with Gasteiger partial charge in [-0.05, 0) is 42.2 Å². The van der Waals surface area contributed by atoms with Gasteiger partial charge >= 0.3 is 12.0 Å². The number of benzene rings is 2. The van der Waals surface area contributed by atoms with Crippen LogP contribution < -0.4 is 16.4 Å². The van der Waals surface area contributed by atoms with Crippen molar-refractivity contribution in [2.45, 2.75) is 31.5 Å². The van der Waals surface area contributed by atoms with Gasteiger partial charge in [0.25, 0.3) is 11.8 Å². The molecule has 2 aromatic rings. The van der Waals surface area contributed by atoms with Gasteiger partial charge in [-0.1, -0.05) is 29.3 Å². The van der Waals surface area contributed by atoms with Crippen LogP contribution in [0.5, 0.6) is 0 Å². The Labute approximate surface area is 239 Å². The minimum Gasteiger partial charge on any atom is -0.480 e. The third-order valence-corrected chi connectivity index (χ3v) is 7.63. The third-order valence-electron chi connectivity index (χ3n) is 6.92. The zero-order valence-corrected chi connectivity index (χ0v) is 22.8. The molecule has 7 N–H and O–H groups in total. The van der Waals surface area contributed by atoms with E-state index in [1.54, 1.807) is 17.0 Å². The molecular formula is C26H28Cl2N6O6. The molecular weight excluding hydrogens is 563 g/mol. The minimum atomic E-state index is -1.47. The highest BCUT2D eigenvalue weighted by Crippen LogP contribution is 2.35. The van der Waals surface area contributed by atoms with Gasteiger partial charge in [0, 0.05) is 49.2 Å². The van der Waals surface area contributed by atoms with Crippen molar-refractivity contribution in [2.75, 3.05) is 31.9 Å². The van der Waals surface area contributed by atoms with Crippen LogP contribution in [0.15, 0.2) is 24.3 Å². The number of amides is 4. The number of likely N-dealkylation sites (tertiary alicyclic amines) is 1.